The third-order valence-electron chi connectivity index (χ3n) is 4.31. The summed E-state index contributed by atoms with van der Waals surface area (Å²) in [5, 5.41) is 8.92. The van der Waals surface area contributed by atoms with Gasteiger partial charge in [0.2, 0.25) is 0 Å². The molecule has 1 N–H and O–H groups in total. The number of halogens is 1. The highest BCUT2D eigenvalue weighted by Gasteiger charge is 2.31. The highest BCUT2D eigenvalue weighted by molar-refractivity contribution is 5.98. The maximum atomic E-state index is 13.2. The molecule has 6 heteroatoms. The Morgan fingerprint density at radius 2 is 2.05 bits per heavy atom. The molecule has 21 heavy (non-hydrogen) atoms. The monoisotopic (exact) mass is 292 g/mol. The van der Waals surface area contributed by atoms with Crippen LogP contribution in [-0.4, -0.2) is 46.5 Å². The predicted molar refractivity (Wildman–Crippen MR) is 73.5 cm³/mol. The Bertz CT molecular complexity index is 582. The van der Waals surface area contributed by atoms with Crippen LogP contribution in [0.3, 0.4) is 0 Å². The minimum absolute atomic E-state index is 0.120. The van der Waals surface area contributed by atoms with E-state index in [1.165, 1.54) is 17.0 Å². The van der Waals surface area contributed by atoms with Gasteiger partial charge in [0.25, 0.3) is 5.91 Å². The Hall–Kier alpha value is -2.11. The van der Waals surface area contributed by atoms with E-state index in [0.29, 0.717) is 37.7 Å². The lowest BCUT2D eigenvalue weighted by Gasteiger charge is -2.32. The zero-order chi connectivity index (χ0) is 15.0. The molecule has 0 bridgehead atoms. The van der Waals surface area contributed by atoms with Crippen molar-refractivity contribution in [3.63, 3.8) is 0 Å². The number of carbonyl (C=O) groups excluding carboxylic acids is 1. The number of rotatable bonds is 2. The van der Waals surface area contributed by atoms with E-state index in [1.807, 2.05) is 0 Å². The molecule has 0 radical (unpaired) electrons. The predicted octanol–water partition coefficient (Wildman–Crippen LogP) is 2.17. The summed E-state index contributed by atoms with van der Waals surface area (Å²) in [6.07, 6.45) is 0.648. The van der Waals surface area contributed by atoms with Crippen molar-refractivity contribution in [2.75, 3.05) is 19.6 Å². The second kappa shape index (κ2) is 5.35. The van der Waals surface area contributed by atoms with Gasteiger partial charge in [0.15, 0.2) is 0 Å². The van der Waals surface area contributed by atoms with Crippen molar-refractivity contribution >= 4 is 12.0 Å². The lowest BCUT2D eigenvalue weighted by Crippen LogP contribution is -2.41. The number of carboxylic acid groups (broad SMARTS) is 1. The molecule has 0 aliphatic carbocycles. The second-order valence-electron chi connectivity index (χ2n) is 5.70. The van der Waals surface area contributed by atoms with E-state index in [0.717, 1.165) is 18.4 Å². The fourth-order valence-electron chi connectivity index (χ4n) is 3.10. The number of carbonyl (C=O) groups is 2. The topological polar surface area (TPSA) is 60.9 Å². The van der Waals surface area contributed by atoms with Gasteiger partial charge in [-0.2, -0.15) is 0 Å². The van der Waals surface area contributed by atoms with Gasteiger partial charge < -0.3 is 14.9 Å². The Labute approximate surface area is 122 Å². The maximum Gasteiger partial charge on any atom is 0.407 e. The molecule has 1 aromatic carbocycles. The summed E-state index contributed by atoms with van der Waals surface area (Å²) in [6, 6.07) is 4.33. The molecular weight excluding hydrogens is 275 g/mol. The normalized spacial score (nSPS) is 19.0. The number of amides is 2. The third-order valence-corrected chi connectivity index (χ3v) is 4.31. The van der Waals surface area contributed by atoms with Crippen LogP contribution in [0.25, 0.3) is 0 Å². The van der Waals surface area contributed by atoms with Crippen molar-refractivity contribution in [3.8, 4) is 0 Å². The van der Waals surface area contributed by atoms with E-state index in [1.54, 1.807) is 11.0 Å². The van der Waals surface area contributed by atoms with Gasteiger partial charge in [-0.15, -0.1) is 0 Å². The zero-order valence-electron chi connectivity index (χ0n) is 11.6. The zero-order valence-corrected chi connectivity index (χ0v) is 11.6. The number of fused-ring (bicyclic) bond motifs is 1. The number of hydrogen-bond donors (Lipinski definition) is 1. The Kier molecular flexibility index (Phi) is 3.53. The molecule has 2 aliphatic heterocycles. The van der Waals surface area contributed by atoms with Gasteiger partial charge in [0.05, 0.1) is 0 Å². The SMILES string of the molecule is O=C(O)N1CCC(CN2Cc3ccc(F)cc3C2=O)CC1. The van der Waals surface area contributed by atoms with Gasteiger partial charge in [0, 0.05) is 31.7 Å². The van der Waals surface area contributed by atoms with E-state index in [9.17, 15) is 14.0 Å². The smallest absolute Gasteiger partial charge is 0.407 e. The third kappa shape index (κ3) is 2.70. The maximum absolute atomic E-state index is 13.2. The van der Waals surface area contributed by atoms with Gasteiger partial charge in [-0.3, -0.25) is 4.79 Å². The Morgan fingerprint density at radius 1 is 1.33 bits per heavy atom. The molecule has 2 amide bonds. The van der Waals surface area contributed by atoms with Crippen LogP contribution in [0, 0.1) is 11.7 Å². The van der Waals surface area contributed by atoms with E-state index in [2.05, 4.69) is 0 Å². The van der Waals surface area contributed by atoms with Crippen LogP contribution in [0.15, 0.2) is 18.2 Å². The van der Waals surface area contributed by atoms with Gasteiger partial charge in [-0.05, 0) is 36.5 Å². The van der Waals surface area contributed by atoms with Crippen molar-refractivity contribution in [3.05, 3.63) is 35.1 Å². The Balaban J connectivity index is 1.61. The standard InChI is InChI=1S/C15H17FN2O3/c16-12-2-1-11-9-18(14(19)13(11)7-12)8-10-3-5-17(6-4-10)15(20)21/h1-2,7,10H,3-6,8-9H2,(H,20,21). The Morgan fingerprint density at radius 3 is 2.71 bits per heavy atom. The summed E-state index contributed by atoms with van der Waals surface area (Å²) < 4.78 is 13.2. The lowest BCUT2D eigenvalue weighted by molar-refractivity contribution is 0.0706. The average Bonchev–Trinajstić information content (AvgIpc) is 2.76. The van der Waals surface area contributed by atoms with E-state index in [-0.39, 0.29) is 5.91 Å². The number of piperidine rings is 1. The quantitative estimate of drug-likeness (QED) is 0.908. The van der Waals surface area contributed by atoms with Crippen LogP contribution >= 0.6 is 0 Å². The molecule has 5 nitrogen and oxygen atoms in total. The molecule has 0 saturated carbocycles. The van der Waals surface area contributed by atoms with Crippen molar-refractivity contribution in [1.29, 1.82) is 0 Å². The van der Waals surface area contributed by atoms with Crippen LogP contribution < -0.4 is 0 Å². The minimum Gasteiger partial charge on any atom is -0.465 e. The minimum atomic E-state index is -0.881. The molecule has 1 saturated heterocycles. The molecular formula is C15H17FN2O3. The van der Waals surface area contributed by atoms with Crippen LogP contribution in [0.2, 0.25) is 0 Å². The molecule has 0 spiro atoms. The molecule has 0 atom stereocenters. The first kappa shape index (κ1) is 13.9. The molecule has 1 aromatic rings. The second-order valence-corrected chi connectivity index (χ2v) is 5.70. The van der Waals surface area contributed by atoms with Crippen molar-refractivity contribution in [1.82, 2.24) is 9.80 Å². The molecule has 112 valence electrons. The van der Waals surface area contributed by atoms with Crippen LogP contribution in [0.4, 0.5) is 9.18 Å². The molecule has 1 fully saturated rings. The van der Waals surface area contributed by atoms with Crippen molar-refractivity contribution < 1.29 is 19.1 Å². The highest BCUT2D eigenvalue weighted by Crippen LogP contribution is 2.27. The first-order valence-electron chi connectivity index (χ1n) is 7.10. The van der Waals surface area contributed by atoms with Crippen LogP contribution in [0.1, 0.15) is 28.8 Å². The number of likely N-dealkylation sites (tertiary alicyclic amines) is 1. The van der Waals surface area contributed by atoms with Crippen molar-refractivity contribution in [2.24, 2.45) is 5.92 Å². The van der Waals surface area contributed by atoms with Crippen LogP contribution in [-0.2, 0) is 6.54 Å². The fraction of sp³-hybridized carbons (Fsp3) is 0.467. The molecule has 0 unspecified atom stereocenters. The van der Waals surface area contributed by atoms with E-state index >= 15 is 0 Å². The average molecular weight is 292 g/mol. The summed E-state index contributed by atoms with van der Waals surface area (Å²) in [7, 11) is 0. The first-order valence-corrected chi connectivity index (χ1v) is 7.10. The largest absolute Gasteiger partial charge is 0.465 e. The summed E-state index contributed by atoms with van der Waals surface area (Å²) in [6.45, 7) is 2.17. The lowest BCUT2D eigenvalue weighted by atomic mass is 9.96. The van der Waals surface area contributed by atoms with Crippen molar-refractivity contribution in [2.45, 2.75) is 19.4 Å². The van der Waals surface area contributed by atoms with Gasteiger partial charge in [0.1, 0.15) is 5.82 Å². The first-order chi connectivity index (χ1) is 10.0. The number of benzene rings is 1. The molecule has 0 aromatic heterocycles. The van der Waals surface area contributed by atoms with Crippen LogP contribution in [0.5, 0.6) is 0 Å². The molecule has 2 heterocycles. The summed E-state index contributed by atoms with van der Waals surface area (Å²) >= 11 is 0. The summed E-state index contributed by atoms with van der Waals surface area (Å²) in [4.78, 5) is 26.3. The summed E-state index contributed by atoms with van der Waals surface area (Å²) in [5.41, 5.74) is 1.32. The molecule has 2 aliphatic rings. The number of hydrogen-bond acceptors (Lipinski definition) is 2. The molecule has 3 rings (SSSR count). The van der Waals surface area contributed by atoms with E-state index in [4.69, 9.17) is 5.11 Å². The van der Waals surface area contributed by atoms with E-state index < -0.39 is 11.9 Å². The number of nitrogens with zero attached hydrogens (tertiary/aromatic N) is 2. The fourth-order valence-corrected chi connectivity index (χ4v) is 3.10. The van der Waals surface area contributed by atoms with Gasteiger partial charge in [-0.25, -0.2) is 9.18 Å². The summed E-state index contributed by atoms with van der Waals surface area (Å²) in [5.74, 6) is -0.201. The van der Waals surface area contributed by atoms with Gasteiger partial charge >= 0.3 is 6.09 Å². The highest BCUT2D eigenvalue weighted by atomic mass is 19.1. The van der Waals surface area contributed by atoms with Gasteiger partial charge in [-0.1, -0.05) is 6.07 Å².